The Morgan fingerprint density at radius 2 is 1.70 bits per heavy atom. The Morgan fingerprint density at radius 3 is 2.33 bits per heavy atom. The molecule has 0 aromatic heterocycles. The quantitative estimate of drug-likeness (QED) is 0.346. The summed E-state index contributed by atoms with van der Waals surface area (Å²) < 4.78 is 24.6. The zero-order valence-electron chi connectivity index (χ0n) is 18.3. The van der Waals surface area contributed by atoms with Crippen LogP contribution in [0.5, 0.6) is 11.5 Å². The van der Waals surface area contributed by atoms with E-state index in [1.54, 1.807) is 36.4 Å². The number of ether oxygens (including phenoxy) is 2. The number of aliphatic hydroxyl groups is 1. The summed E-state index contributed by atoms with van der Waals surface area (Å²) in [6.45, 7) is 1.84. The number of anilines is 1. The lowest BCUT2D eigenvalue weighted by molar-refractivity contribution is -0.132. The van der Waals surface area contributed by atoms with Gasteiger partial charge in [0.15, 0.2) is 0 Å². The van der Waals surface area contributed by atoms with Crippen LogP contribution in [0.15, 0.2) is 72.3 Å². The average Bonchev–Trinajstić information content (AvgIpc) is 3.09. The van der Waals surface area contributed by atoms with Gasteiger partial charge >= 0.3 is 0 Å². The van der Waals surface area contributed by atoms with Gasteiger partial charge in [-0.15, -0.1) is 0 Å². The first-order chi connectivity index (χ1) is 15.8. The van der Waals surface area contributed by atoms with Crippen LogP contribution in [-0.2, 0) is 9.59 Å². The topological polar surface area (TPSA) is 76.1 Å². The van der Waals surface area contributed by atoms with E-state index in [-0.39, 0.29) is 22.6 Å². The number of carbonyl (C=O) groups excluding carboxylic acids is 2. The Hall–Kier alpha value is -4.13. The van der Waals surface area contributed by atoms with Gasteiger partial charge in [-0.2, -0.15) is 0 Å². The number of nitrogens with zero attached hydrogens (tertiary/aromatic N) is 1. The number of aryl methyl sites for hydroxylation is 1. The van der Waals surface area contributed by atoms with Crippen molar-refractivity contribution < 1.29 is 28.6 Å². The van der Waals surface area contributed by atoms with Crippen LogP contribution in [0.2, 0.25) is 0 Å². The minimum absolute atomic E-state index is 0.113. The molecule has 4 rings (SSSR count). The third kappa shape index (κ3) is 3.93. The summed E-state index contributed by atoms with van der Waals surface area (Å²) in [5.41, 5.74) is 1.75. The number of benzene rings is 3. The SMILES string of the molecule is COc1ccc(C2/C(=C(\O)c3cc(C)ccc3OC)C(=O)C(=O)N2c2cccc(F)c2)cc1. The Balaban J connectivity index is 1.98. The predicted octanol–water partition coefficient (Wildman–Crippen LogP) is 4.78. The van der Waals surface area contributed by atoms with E-state index in [9.17, 15) is 19.1 Å². The smallest absolute Gasteiger partial charge is 0.300 e. The number of hydrogen-bond donors (Lipinski definition) is 1. The molecule has 33 heavy (non-hydrogen) atoms. The van der Waals surface area contributed by atoms with Crippen LogP contribution in [0.4, 0.5) is 10.1 Å². The van der Waals surface area contributed by atoms with Crippen molar-refractivity contribution >= 4 is 23.1 Å². The van der Waals surface area contributed by atoms with Gasteiger partial charge in [0.1, 0.15) is 23.1 Å². The van der Waals surface area contributed by atoms with E-state index in [4.69, 9.17) is 9.47 Å². The molecule has 1 N–H and O–H groups in total. The first-order valence-corrected chi connectivity index (χ1v) is 10.2. The molecule has 0 bridgehead atoms. The van der Waals surface area contributed by atoms with Crippen LogP contribution in [0.25, 0.3) is 5.76 Å². The van der Waals surface area contributed by atoms with Gasteiger partial charge in [-0.25, -0.2) is 4.39 Å². The molecule has 1 saturated heterocycles. The number of aliphatic hydroxyl groups excluding tert-OH is 1. The lowest BCUT2D eigenvalue weighted by Gasteiger charge is -2.25. The zero-order valence-corrected chi connectivity index (χ0v) is 18.3. The summed E-state index contributed by atoms with van der Waals surface area (Å²) >= 11 is 0. The maximum Gasteiger partial charge on any atom is 0.300 e. The summed E-state index contributed by atoms with van der Waals surface area (Å²) in [4.78, 5) is 27.6. The molecule has 0 radical (unpaired) electrons. The highest BCUT2D eigenvalue weighted by atomic mass is 19.1. The molecule has 168 valence electrons. The minimum Gasteiger partial charge on any atom is -0.507 e. The van der Waals surface area contributed by atoms with Crippen LogP contribution in [0, 0.1) is 12.7 Å². The zero-order chi connectivity index (χ0) is 23.7. The Kier molecular flexibility index (Phi) is 5.87. The summed E-state index contributed by atoms with van der Waals surface area (Å²) in [7, 11) is 2.98. The molecular weight excluding hydrogens is 425 g/mol. The number of amides is 1. The largest absolute Gasteiger partial charge is 0.507 e. The van der Waals surface area contributed by atoms with E-state index in [0.29, 0.717) is 17.1 Å². The van der Waals surface area contributed by atoms with Crippen LogP contribution in [0.3, 0.4) is 0 Å². The lowest BCUT2D eigenvalue weighted by Crippen LogP contribution is -2.29. The fraction of sp³-hybridized carbons (Fsp3) is 0.154. The van der Waals surface area contributed by atoms with Crippen LogP contribution in [0.1, 0.15) is 22.7 Å². The van der Waals surface area contributed by atoms with Crippen LogP contribution < -0.4 is 14.4 Å². The van der Waals surface area contributed by atoms with E-state index < -0.39 is 23.5 Å². The maximum atomic E-state index is 14.0. The molecule has 3 aromatic carbocycles. The Morgan fingerprint density at radius 1 is 0.970 bits per heavy atom. The molecule has 1 unspecified atom stereocenters. The van der Waals surface area contributed by atoms with Gasteiger partial charge in [-0.3, -0.25) is 14.5 Å². The normalized spacial score (nSPS) is 17.3. The lowest BCUT2D eigenvalue weighted by atomic mass is 9.94. The third-order valence-electron chi connectivity index (χ3n) is 5.57. The molecule has 1 aliphatic heterocycles. The molecule has 1 amide bonds. The van der Waals surface area contributed by atoms with Crippen molar-refractivity contribution in [3.8, 4) is 11.5 Å². The highest BCUT2D eigenvalue weighted by Crippen LogP contribution is 2.43. The minimum atomic E-state index is -0.983. The van der Waals surface area contributed by atoms with Crippen molar-refractivity contribution in [3.05, 3.63) is 94.8 Å². The van der Waals surface area contributed by atoms with Crippen molar-refractivity contribution in [2.24, 2.45) is 0 Å². The molecule has 7 heteroatoms. The second kappa shape index (κ2) is 8.78. The number of carbonyl (C=O) groups is 2. The average molecular weight is 447 g/mol. The second-order valence-corrected chi connectivity index (χ2v) is 7.63. The van der Waals surface area contributed by atoms with Crippen molar-refractivity contribution in [3.63, 3.8) is 0 Å². The van der Waals surface area contributed by atoms with E-state index in [1.807, 2.05) is 13.0 Å². The van der Waals surface area contributed by atoms with Gasteiger partial charge in [0.25, 0.3) is 11.7 Å². The molecule has 6 nitrogen and oxygen atoms in total. The number of rotatable bonds is 5. The number of ketones is 1. The second-order valence-electron chi connectivity index (χ2n) is 7.63. The summed E-state index contributed by atoms with van der Waals surface area (Å²) in [5, 5.41) is 11.3. The first-order valence-electron chi connectivity index (χ1n) is 10.2. The Labute approximate surface area is 190 Å². The standard InChI is InChI=1S/C26H22FNO5/c1-15-7-12-21(33-3)20(13-15)24(29)22-23(16-8-10-19(32-2)11-9-16)28(26(31)25(22)30)18-6-4-5-17(27)14-18/h4-14,23,29H,1-3H3/b24-22+. The van der Waals surface area contributed by atoms with Crippen molar-refractivity contribution in [1.29, 1.82) is 0 Å². The van der Waals surface area contributed by atoms with E-state index >= 15 is 0 Å². The van der Waals surface area contributed by atoms with Gasteiger partial charge in [-0.05, 0) is 55.0 Å². The van der Waals surface area contributed by atoms with Crippen molar-refractivity contribution in [2.75, 3.05) is 19.1 Å². The molecule has 1 aliphatic rings. The van der Waals surface area contributed by atoms with E-state index in [0.717, 1.165) is 5.56 Å². The molecule has 1 atom stereocenters. The number of Topliss-reactive ketones (excluding diaryl/α,β-unsaturated/α-hetero) is 1. The van der Waals surface area contributed by atoms with Crippen molar-refractivity contribution in [2.45, 2.75) is 13.0 Å². The summed E-state index contributed by atoms with van der Waals surface area (Å²) in [5.74, 6) is -1.72. The molecule has 0 aliphatic carbocycles. The number of hydrogen-bond acceptors (Lipinski definition) is 5. The monoisotopic (exact) mass is 447 g/mol. The van der Waals surface area contributed by atoms with Gasteiger partial charge in [0.05, 0.1) is 31.4 Å². The summed E-state index contributed by atoms with van der Waals surface area (Å²) in [6, 6.07) is 16.4. The summed E-state index contributed by atoms with van der Waals surface area (Å²) in [6.07, 6.45) is 0. The first kappa shape index (κ1) is 22.1. The maximum absolute atomic E-state index is 14.0. The molecular formula is C26H22FNO5. The van der Waals surface area contributed by atoms with E-state index in [2.05, 4.69) is 0 Å². The van der Waals surface area contributed by atoms with Crippen molar-refractivity contribution in [1.82, 2.24) is 0 Å². The molecule has 0 saturated carbocycles. The molecule has 3 aromatic rings. The highest BCUT2D eigenvalue weighted by molar-refractivity contribution is 6.51. The Bertz CT molecular complexity index is 1270. The van der Waals surface area contributed by atoms with Gasteiger partial charge in [0.2, 0.25) is 0 Å². The predicted molar refractivity (Wildman–Crippen MR) is 122 cm³/mol. The fourth-order valence-corrected chi connectivity index (χ4v) is 3.98. The third-order valence-corrected chi connectivity index (χ3v) is 5.57. The highest BCUT2D eigenvalue weighted by Gasteiger charge is 2.47. The van der Waals surface area contributed by atoms with Gasteiger partial charge < -0.3 is 14.6 Å². The molecule has 1 fully saturated rings. The van der Waals surface area contributed by atoms with Crippen LogP contribution in [-0.4, -0.2) is 31.0 Å². The van der Waals surface area contributed by atoms with Gasteiger partial charge in [0, 0.05) is 5.69 Å². The van der Waals surface area contributed by atoms with Crippen LogP contribution >= 0.6 is 0 Å². The molecule has 0 spiro atoms. The number of halogens is 1. The number of methoxy groups -OCH3 is 2. The molecule has 1 heterocycles. The van der Waals surface area contributed by atoms with E-state index in [1.165, 1.54) is 43.4 Å². The van der Waals surface area contributed by atoms with Gasteiger partial charge in [-0.1, -0.05) is 29.8 Å². The fourth-order valence-electron chi connectivity index (χ4n) is 3.98.